The Hall–Kier alpha value is -1.44. The van der Waals surface area contributed by atoms with E-state index in [2.05, 4.69) is 10.1 Å². The molecule has 0 fully saturated rings. The standard InChI is InChI=1S/C11H11F6NO/c12-10(13,14)5-6-18-7-8-3-1-2-4-9(8)19-11(15,16)17/h1-4,18H,5-7H2. The summed E-state index contributed by atoms with van der Waals surface area (Å²) in [6, 6.07) is 5.28. The van der Waals surface area contributed by atoms with Gasteiger partial charge in [-0.3, -0.25) is 0 Å². The molecule has 0 saturated heterocycles. The molecule has 0 aliphatic rings. The second-order valence-electron chi connectivity index (χ2n) is 3.70. The minimum Gasteiger partial charge on any atom is -0.405 e. The molecule has 1 N–H and O–H groups in total. The predicted molar refractivity (Wildman–Crippen MR) is 55.5 cm³/mol. The molecule has 108 valence electrons. The normalized spacial score (nSPS) is 12.5. The quantitative estimate of drug-likeness (QED) is 0.659. The first kappa shape index (κ1) is 15.6. The van der Waals surface area contributed by atoms with Gasteiger partial charge in [0.2, 0.25) is 0 Å². The maximum absolute atomic E-state index is 12.1. The number of halogens is 6. The van der Waals surface area contributed by atoms with Crippen LogP contribution in [0.4, 0.5) is 26.3 Å². The summed E-state index contributed by atoms with van der Waals surface area (Å²) in [5.74, 6) is -0.422. The summed E-state index contributed by atoms with van der Waals surface area (Å²) >= 11 is 0. The molecule has 0 radical (unpaired) electrons. The number of para-hydroxylation sites is 1. The monoisotopic (exact) mass is 287 g/mol. The molecule has 0 saturated carbocycles. The van der Waals surface area contributed by atoms with Crippen molar-refractivity contribution in [3.8, 4) is 5.75 Å². The first-order chi connectivity index (χ1) is 8.67. The number of benzene rings is 1. The summed E-state index contributed by atoms with van der Waals surface area (Å²) in [5, 5.41) is 2.42. The van der Waals surface area contributed by atoms with Gasteiger partial charge in [-0.1, -0.05) is 18.2 Å². The van der Waals surface area contributed by atoms with Gasteiger partial charge in [0.05, 0.1) is 6.42 Å². The lowest BCUT2D eigenvalue weighted by Gasteiger charge is -2.14. The van der Waals surface area contributed by atoms with Crippen molar-refractivity contribution in [2.45, 2.75) is 25.5 Å². The van der Waals surface area contributed by atoms with Crippen molar-refractivity contribution < 1.29 is 31.1 Å². The SMILES string of the molecule is FC(F)(F)CCNCc1ccccc1OC(F)(F)F. The highest BCUT2D eigenvalue weighted by Crippen LogP contribution is 2.26. The number of alkyl halides is 6. The molecule has 0 aliphatic heterocycles. The van der Waals surface area contributed by atoms with E-state index in [1.807, 2.05) is 0 Å². The van der Waals surface area contributed by atoms with Gasteiger partial charge in [0.15, 0.2) is 0 Å². The fourth-order valence-corrected chi connectivity index (χ4v) is 1.33. The van der Waals surface area contributed by atoms with Crippen molar-refractivity contribution >= 4 is 0 Å². The molecule has 0 spiro atoms. The van der Waals surface area contributed by atoms with Crippen LogP contribution >= 0.6 is 0 Å². The first-order valence-electron chi connectivity index (χ1n) is 5.28. The maximum atomic E-state index is 12.1. The van der Waals surface area contributed by atoms with E-state index in [9.17, 15) is 26.3 Å². The van der Waals surface area contributed by atoms with Crippen LogP contribution in [-0.4, -0.2) is 19.1 Å². The summed E-state index contributed by atoms with van der Waals surface area (Å²) in [4.78, 5) is 0. The Kier molecular flexibility index (Phi) is 5.04. The fourth-order valence-electron chi connectivity index (χ4n) is 1.33. The molecular weight excluding hydrogens is 276 g/mol. The smallest absolute Gasteiger partial charge is 0.405 e. The summed E-state index contributed by atoms with van der Waals surface area (Å²) in [6.07, 6.45) is -10.2. The zero-order valence-corrected chi connectivity index (χ0v) is 9.61. The van der Waals surface area contributed by atoms with Crippen LogP contribution in [0.3, 0.4) is 0 Å². The lowest BCUT2D eigenvalue weighted by Crippen LogP contribution is -2.23. The fraction of sp³-hybridized carbons (Fsp3) is 0.455. The third-order valence-electron chi connectivity index (χ3n) is 2.10. The van der Waals surface area contributed by atoms with E-state index in [-0.39, 0.29) is 18.7 Å². The molecule has 8 heteroatoms. The van der Waals surface area contributed by atoms with Crippen LogP contribution in [0.1, 0.15) is 12.0 Å². The number of rotatable bonds is 5. The van der Waals surface area contributed by atoms with E-state index < -0.39 is 24.7 Å². The van der Waals surface area contributed by atoms with Crippen LogP contribution in [0.2, 0.25) is 0 Å². The predicted octanol–water partition coefficient (Wildman–Crippen LogP) is 3.63. The molecule has 0 unspecified atom stereocenters. The van der Waals surface area contributed by atoms with Gasteiger partial charge in [0.1, 0.15) is 5.75 Å². The van der Waals surface area contributed by atoms with E-state index in [0.717, 1.165) is 6.07 Å². The molecule has 0 heterocycles. The Morgan fingerprint density at radius 3 is 2.21 bits per heavy atom. The second kappa shape index (κ2) is 6.14. The van der Waals surface area contributed by atoms with E-state index in [1.165, 1.54) is 18.2 Å². The third kappa shape index (κ3) is 6.90. The summed E-state index contributed by atoms with van der Waals surface area (Å²) < 4.78 is 75.6. The molecule has 0 bridgehead atoms. The first-order valence-corrected chi connectivity index (χ1v) is 5.28. The Morgan fingerprint density at radius 1 is 1.00 bits per heavy atom. The van der Waals surface area contributed by atoms with E-state index in [0.29, 0.717) is 0 Å². The van der Waals surface area contributed by atoms with Gasteiger partial charge >= 0.3 is 12.5 Å². The van der Waals surface area contributed by atoms with Gasteiger partial charge in [-0.05, 0) is 6.07 Å². The third-order valence-corrected chi connectivity index (χ3v) is 2.10. The molecule has 1 aromatic rings. The molecule has 1 aromatic carbocycles. The average molecular weight is 287 g/mol. The van der Waals surface area contributed by atoms with Crippen molar-refractivity contribution in [2.75, 3.05) is 6.54 Å². The molecule has 2 nitrogen and oxygen atoms in total. The lowest BCUT2D eigenvalue weighted by atomic mass is 10.2. The van der Waals surface area contributed by atoms with Gasteiger partial charge < -0.3 is 10.1 Å². The van der Waals surface area contributed by atoms with Crippen molar-refractivity contribution in [1.82, 2.24) is 5.32 Å². The number of hydrogen-bond acceptors (Lipinski definition) is 2. The minimum atomic E-state index is -4.83. The van der Waals surface area contributed by atoms with E-state index >= 15 is 0 Å². The Morgan fingerprint density at radius 2 is 1.63 bits per heavy atom. The van der Waals surface area contributed by atoms with Gasteiger partial charge in [-0.25, -0.2) is 0 Å². The maximum Gasteiger partial charge on any atom is 0.573 e. The Bertz CT molecular complexity index is 401. The topological polar surface area (TPSA) is 21.3 Å². The molecule has 19 heavy (non-hydrogen) atoms. The summed E-state index contributed by atoms with van der Waals surface area (Å²) in [6.45, 7) is -0.508. The average Bonchev–Trinajstić information content (AvgIpc) is 2.23. The van der Waals surface area contributed by atoms with Crippen LogP contribution in [0.25, 0.3) is 0 Å². The zero-order chi connectivity index (χ0) is 14.5. The van der Waals surface area contributed by atoms with E-state index in [4.69, 9.17) is 0 Å². The van der Waals surface area contributed by atoms with Crippen LogP contribution in [0.15, 0.2) is 24.3 Å². The highest BCUT2D eigenvalue weighted by Gasteiger charge is 2.32. The molecular formula is C11H11F6NO. The van der Waals surface area contributed by atoms with Crippen molar-refractivity contribution in [3.63, 3.8) is 0 Å². The van der Waals surface area contributed by atoms with Crippen LogP contribution in [-0.2, 0) is 6.54 Å². The Balaban J connectivity index is 2.54. The Labute approximate surface area is 105 Å². The largest absolute Gasteiger partial charge is 0.573 e. The molecule has 0 aromatic heterocycles. The van der Waals surface area contributed by atoms with Crippen molar-refractivity contribution in [2.24, 2.45) is 0 Å². The van der Waals surface area contributed by atoms with Crippen molar-refractivity contribution in [3.05, 3.63) is 29.8 Å². The summed E-state index contributed by atoms with van der Waals surface area (Å²) in [7, 11) is 0. The zero-order valence-electron chi connectivity index (χ0n) is 9.61. The lowest BCUT2D eigenvalue weighted by molar-refractivity contribution is -0.274. The van der Waals surface area contributed by atoms with E-state index in [1.54, 1.807) is 0 Å². The molecule has 0 atom stereocenters. The molecule has 0 aliphatic carbocycles. The van der Waals surface area contributed by atoms with Gasteiger partial charge in [-0.2, -0.15) is 13.2 Å². The second-order valence-corrected chi connectivity index (χ2v) is 3.70. The van der Waals surface area contributed by atoms with Crippen molar-refractivity contribution in [1.29, 1.82) is 0 Å². The van der Waals surface area contributed by atoms with Gasteiger partial charge in [-0.15, -0.1) is 13.2 Å². The van der Waals surface area contributed by atoms with Crippen LogP contribution in [0.5, 0.6) is 5.75 Å². The summed E-state index contributed by atoms with van der Waals surface area (Å²) in [5.41, 5.74) is 0.141. The highest BCUT2D eigenvalue weighted by molar-refractivity contribution is 5.33. The van der Waals surface area contributed by atoms with Crippen LogP contribution in [0, 0.1) is 0 Å². The number of ether oxygens (including phenoxy) is 1. The molecule has 0 amide bonds. The van der Waals surface area contributed by atoms with Crippen LogP contribution < -0.4 is 10.1 Å². The number of nitrogens with one attached hydrogen (secondary N) is 1. The number of hydrogen-bond donors (Lipinski definition) is 1. The highest BCUT2D eigenvalue weighted by atomic mass is 19.4. The van der Waals surface area contributed by atoms with Gasteiger partial charge in [0, 0.05) is 18.7 Å². The minimum absolute atomic E-state index is 0.137. The molecule has 1 rings (SSSR count). The van der Waals surface area contributed by atoms with Gasteiger partial charge in [0.25, 0.3) is 0 Å².